The molecule has 10 heteroatoms. The van der Waals surface area contributed by atoms with Gasteiger partial charge in [-0.3, -0.25) is 4.72 Å². The minimum Gasteiger partial charge on any atom is -0.462 e. The van der Waals surface area contributed by atoms with Crippen LogP contribution in [0.5, 0.6) is 0 Å². The summed E-state index contributed by atoms with van der Waals surface area (Å²) < 4.78 is 32.1. The second-order valence-corrected chi connectivity index (χ2v) is 8.20. The third-order valence-electron chi connectivity index (χ3n) is 2.36. The first kappa shape index (κ1) is 16.2. The van der Waals surface area contributed by atoms with E-state index in [0.717, 1.165) is 22.7 Å². The number of hydrogen-bond acceptors (Lipinski definition) is 7. The fourth-order valence-corrected chi connectivity index (χ4v) is 5.37. The van der Waals surface area contributed by atoms with Crippen LogP contribution in [0.3, 0.4) is 0 Å². The van der Waals surface area contributed by atoms with Crippen LogP contribution in [0.25, 0.3) is 0 Å². The van der Waals surface area contributed by atoms with Gasteiger partial charge in [0.2, 0.25) is 0 Å². The van der Waals surface area contributed by atoms with E-state index in [-0.39, 0.29) is 25.8 Å². The molecule has 0 aromatic carbocycles. The van der Waals surface area contributed by atoms with Crippen LogP contribution in [0, 0.1) is 6.92 Å². The SMILES string of the molecule is CCOC(=O)c1ccsc1NS(=O)(=O)c1sc(Cl)nc1C. The quantitative estimate of drug-likeness (QED) is 0.821. The molecule has 2 aromatic rings. The van der Waals surface area contributed by atoms with Crippen LogP contribution in [0.15, 0.2) is 15.7 Å². The monoisotopic (exact) mass is 366 g/mol. The number of halogens is 1. The van der Waals surface area contributed by atoms with Crippen molar-refractivity contribution >= 4 is 55.3 Å². The zero-order chi connectivity index (χ0) is 15.6. The van der Waals surface area contributed by atoms with Crippen molar-refractivity contribution in [2.75, 3.05) is 11.3 Å². The molecule has 0 aliphatic carbocycles. The fraction of sp³-hybridized carbons (Fsp3) is 0.273. The first-order valence-electron chi connectivity index (χ1n) is 5.75. The number of rotatable bonds is 5. The van der Waals surface area contributed by atoms with Crippen LogP contribution in [-0.4, -0.2) is 26.0 Å². The number of nitrogens with one attached hydrogen (secondary N) is 1. The standard InChI is InChI=1S/C11H11ClN2O4S3/c1-3-18-9(15)7-4-5-19-8(7)14-21(16,17)10-6(2)13-11(12)20-10/h4-5,14H,3H2,1-2H3. The molecule has 1 N–H and O–H groups in total. The molecular weight excluding hydrogens is 356 g/mol. The van der Waals surface area contributed by atoms with Gasteiger partial charge in [-0.25, -0.2) is 18.2 Å². The zero-order valence-electron chi connectivity index (χ0n) is 11.0. The summed E-state index contributed by atoms with van der Waals surface area (Å²) in [6.45, 7) is 3.44. The average Bonchev–Trinajstić information content (AvgIpc) is 2.96. The highest BCUT2D eigenvalue weighted by Gasteiger charge is 2.24. The van der Waals surface area contributed by atoms with Crippen LogP contribution in [0.4, 0.5) is 5.00 Å². The Morgan fingerprint density at radius 1 is 1.52 bits per heavy atom. The van der Waals surface area contributed by atoms with Gasteiger partial charge >= 0.3 is 5.97 Å². The first-order chi connectivity index (χ1) is 9.85. The Hall–Kier alpha value is -1.16. The Bertz CT molecular complexity index is 766. The lowest BCUT2D eigenvalue weighted by atomic mass is 10.3. The predicted octanol–water partition coefficient (Wildman–Crippen LogP) is 3.14. The highest BCUT2D eigenvalue weighted by Crippen LogP contribution is 2.31. The summed E-state index contributed by atoms with van der Waals surface area (Å²) in [6.07, 6.45) is 0. The molecule has 0 radical (unpaired) electrons. The van der Waals surface area contributed by atoms with E-state index in [1.165, 1.54) is 6.07 Å². The molecule has 0 fully saturated rings. The first-order valence-corrected chi connectivity index (χ1v) is 9.31. The molecular formula is C11H11ClN2O4S3. The second-order valence-electron chi connectivity index (χ2n) is 3.83. The molecule has 0 bridgehead atoms. The van der Waals surface area contributed by atoms with Crippen LogP contribution < -0.4 is 4.72 Å². The van der Waals surface area contributed by atoms with E-state index in [2.05, 4.69) is 9.71 Å². The third kappa shape index (κ3) is 3.54. The highest BCUT2D eigenvalue weighted by atomic mass is 35.5. The molecule has 21 heavy (non-hydrogen) atoms. The van der Waals surface area contributed by atoms with E-state index >= 15 is 0 Å². The molecule has 0 saturated heterocycles. The number of carbonyl (C=O) groups is 1. The second kappa shape index (κ2) is 6.30. The summed E-state index contributed by atoms with van der Waals surface area (Å²) in [5.41, 5.74) is 0.491. The van der Waals surface area contributed by atoms with E-state index in [0.29, 0.717) is 5.69 Å². The number of aromatic nitrogens is 1. The predicted molar refractivity (Wildman–Crippen MR) is 82.9 cm³/mol. The maximum absolute atomic E-state index is 12.3. The Morgan fingerprint density at radius 2 is 2.24 bits per heavy atom. The van der Waals surface area contributed by atoms with Gasteiger partial charge in [0.05, 0.1) is 17.9 Å². The van der Waals surface area contributed by atoms with Crippen LogP contribution in [0.1, 0.15) is 23.0 Å². The van der Waals surface area contributed by atoms with E-state index < -0.39 is 16.0 Å². The summed E-state index contributed by atoms with van der Waals surface area (Å²) in [6, 6.07) is 1.51. The number of esters is 1. The normalized spacial score (nSPS) is 11.4. The smallest absolute Gasteiger partial charge is 0.341 e. The van der Waals surface area contributed by atoms with Crippen molar-refractivity contribution in [3.63, 3.8) is 0 Å². The van der Waals surface area contributed by atoms with E-state index in [1.54, 1.807) is 19.2 Å². The maximum Gasteiger partial charge on any atom is 0.341 e. The number of aryl methyl sites for hydroxylation is 1. The highest BCUT2D eigenvalue weighted by molar-refractivity contribution is 7.95. The summed E-state index contributed by atoms with van der Waals surface area (Å²) in [4.78, 5) is 15.6. The van der Waals surface area contributed by atoms with E-state index in [4.69, 9.17) is 16.3 Å². The van der Waals surface area contributed by atoms with Gasteiger partial charge in [-0.05, 0) is 25.3 Å². The number of thiophene rings is 1. The van der Waals surface area contributed by atoms with Gasteiger partial charge in [-0.2, -0.15) is 0 Å². The maximum atomic E-state index is 12.3. The number of thiazole rings is 1. The lowest BCUT2D eigenvalue weighted by Gasteiger charge is -2.07. The Labute approximate surface area is 134 Å². The van der Waals surface area contributed by atoms with Crippen molar-refractivity contribution in [1.82, 2.24) is 4.98 Å². The average molecular weight is 367 g/mol. The van der Waals surface area contributed by atoms with Gasteiger partial charge in [0.25, 0.3) is 10.0 Å². The molecule has 0 aliphatic heterocycles. The lowest BCUT2D eigenvalue weighted by molar-refractivity contribution is 0.0528. The van der Waals surface area contributed by atoms with E-state index in [1.807, 2.05) is 0 Å². The van der Waals surface area contributed by atoms with Crippen molar-refractivity contribution in [2.24, 2.45) is 0 Å². The summed E-state index contributed by atoms with van der Waals surface area (Å²) in [5.74, 6) is -0.574. The Morgan fingerprint density at radius 3 is 2.81 bits per heavy atom. The summed E-state index contributed by atoms with van der Waals surface area (Å²) in [5, 5.41) is 1.81. The molecule has 0 atom stereocenters. The molecule has 6 nitrogen and oxygen atoms in total. The topological polar surface area (TPSA) is 85.4 Å². The number of carbonyl (C=O) groups excluding carboxylic acids is 1. The fourth-order valence-electron chi connectivity index (χ4n) is 1.53. The van der Waals surface area contributed by atoms with Crippen molar-refractivity contribution in [3.05, 3.63) is 27.2 Å². The minimum absolute atomic E-state index is 0.0238. The third-order valence-corrected chi connectivity index (χ3v) is 6.54. The van der Waals surface area contributed by atoms with Crippen LogP contribution >= 0.6 is 34.3 Å². The van der Waals surface area contributed by atoms with Crippen molar-refractivity contribution in [1.29, 1.82) is 0 Å². The molecule has 114 valence electrons. The minimum atomic E-state index is -3.84. The largest absolute Gasteiger partial charge is 0.462 e. The lowest BCUT2D eigenvalue weighted by Crippen LogP contribution is -2.14. The number of ether oxygens (including phenoxy) is 1. The summed E-state index contributed by atoms with van der Waals surface area (Å²) in [7, 11) is -3.84. The Balaban J connectivity index is 2.32. The van der Waals surface area contributed by atoms with Crippen molar-refractivity contribution < 1.29 is 17.9 Å². The van der Waals surface area contributed by atoms with Gasteiger partial charge in [0, 0.05) is 0 Å². The van der Waals surface area contributed by atoms with Gasteiger partial charge in [-0.15, -0.1) is 11.3 Å². The van der Waals surface area contributed by atoms with Crippen molar-refractivity contribution in [2.45, 2.75) is 18.1 Å². The van der Waals surface area contributed by atoms with Gasteiger partial charge in [0.1, 0.15) is 5.00 Å². The van der Waals surface area contributed by atoms with Gasteiger partial charge in [-0.1, -0.05) is 22.9 Å². The summed E-state index contributed by atoms with van der Waals surface area (Å²) >= 11 is 7.68. The molecule has 0 amide bonds. The Kier molecular flexibility index (Phi) is 4.87. The molecule has 2 rings (SSSR count). The van der Waals surface area contributed by atoms with Gasteiger partial charge < -0.3 is 4.74 Å². The van der Waals surface area contributed by atoms with Crippen LogP contribution in [-0.2, 0) is 14.8 Å². The molecule has 0 saturated carbocycles. The molecule has 0 unspecified atom stereocenters. The van der Waals surface area contributed by atoms with Gasteiger partial charge in [0.15, 0.2) is 8.68 Å². The van der Waals surface area contributed by atoms with Crippen molar-refractivity contribution in [3.8, 4) is 0 Å². The van der Waals surface area contributed by atoms with E-state index in [9.17, 15) is 13.2 Å². The molecule has 0 aliphatic rings. The molecule has 2 aromatic heterocycles. The van der Waals surface area contributed by atoms with Crippen LogP contribution in [0.2, 0.25) is 4.47 Å². The molecule has 2 heterocycles. The number of sulfonamides is 1. The molecule has 0 spiro atoms. The number of nitrogens with zero attached hydrogens (tertiary/aromatic N) is 1. The number of anilines is 1. The number of hydrogen-bond donors (Lipinski definition) is 1. The zero-order valence-corrected chi connectivity index (χ0v) is 14.3.